The Kier molecular flexibility index (Phi) is 4.66. The lowest BCUT2D eigenvalue weighted by atomic mass is 9.49. The highest BCUT2D eigenvalue weighted by molar-refractivity contribution is 6.39. The fourth-order valence-electron chi connectivity index (χ4n) is 5.74. The third kappa shape index (κ3) is 3.22. The number of ether oxygens (including phenoxy) is 1. The van der Waals surface area contributed by atoms with Crippen LogP contribution in [0.4, 0.5) is 14.5 Å². The summed E-state index contributed by atoms with van der Waals surface area (Å²) in [6.45, 7) is 0.294. The molecule has 2 amide bonds. The zero-order valence-electron chi connectivity index (χ0n) is 15.3. The summed E-state index contributed by atoms with van der Waals surface area (Å²) in [5.74, 6) is -1.45. The van der Waals surface area contributed by atoms with Crippen LogP contribution in [0.25, 0.3) is 0 Å². The van der Waals surface area contributed by atoms with Gasteiger partial charge in [-0.2, -0.15) is 0 Å². The summed E-state index contributed by atoms with van der Waals surface area (Å²) in [6, 6.07) is 2.95. The summed E-state index contributed by atoms with van der Waals surface area (Å²) >= 11 is 0. The number of amides is 2. The molecule has 146 valence electrons. The molecule has 0 heterocycles. The minimum absolute atomic E-state index is 0.0325. The van der Waals surface area contributed by atoms with Crippen molar-refractivity contribution in [1.29, 1.82) is 0 Å². The first-order valence-electron chi connectivity index (χ1n) is 9.50. The maximum Gasteiger partial charge on any atom is 0.313 e. The van der Waals surface area contributed by atoms with Crippen LogP contribution in [0, 0.1) is 35.3 Å². The van der Waals surface area contributed by atoms with Gasteiger partial charge in [0.05, 0.1) is 5.60 Å². The van der Waals surface area contributed by atoms with Crippen molar-refractivity contribution in [3.8, 4) is 0 Å². The van der Waals surface area contributed by atoms with E-state index in [2.05, 4.69) is 10.6 Å². The summed E-state index contributed by atoms with van der Waals surface area (Å²) in [4.78, 5) is 24.3. The SMILES string of the molecule is COC1(CNC(=O)C(=O)Nc2ccc(F)c(F)c2)C2CC3CC(C2)CC1C3. The summed E-state index contributed by atoms with van der Waals surface area (Å²) in [6.07, 6.45) is 5.81. The van der Waals surface area contributed by atoms with E-state index in [4.69, 9.17) is 4.74 Å². The van der Waals surface area contributed by atoms with Crippen molar-refractivity contribution in [2.75, 3.05) is 19.0 Å². The summed E-state index contributed by atoms with van der Waals surface area (Å²) < 4.78 is 32.2. The zero-order valence-corrected chi connectivity index (χ0v) is 15.3. The third-order valence-corrected chi connectivity index (χ3v) is 6.81. The molecule has 7 heteroatoms. The van der Waals surface area contributed by atoms with Gasteiger partial charge in [0, 0.05) is 25.4 Å². The molecule has 0 unspecified atom stereocenters. The van der Waals surface area contributed by atoms with Crippen LogP contribution in [0.3, 0.4) is 0 Å². The lowest BCUT2D eigenvalue weighted by molar-refractivity contribution is -0.188. The molecule has 1 aromatic carbocycles. The number of anilines is 1. The van der Waals surface area contributed by atoms with E-state index in [1.165, 1.54) is 12.5 Å². The Hall–Kier alpha value is -2.02. The molecular formula is C20H24F2N2O3. The Morgan fingerprint density at radius 1 is 1.04 bits per heavy atom. The van der Waals surface area contributed by atoms with Gasteiger partial charge in [-0.05, 0) is 67.9 Å². The van der Waals surface area contributed by atoms with Crippen molar-refractivity contribution >= 4 is 17.5 Å². The molecule has 1 aromatic rings. The van der Waals surface area contributed by atoms with Crippen molar-refractivity contribution in [3.05, 3.63) is 29.8 Å². The highest BCUT2D eigenvalue weighted by atomic mass is 19.2. The quantitative estimate of drug-likeness (QED) is 0.792. The molecule has 0 aliphatic heterocycles. The molecule has 0 aromatic heterocycles. The number of benzene rings is 1. The highest BCUT2D eigenvalue weighted by Gasteiger charge is 2.57. The molecule has 0 saturated heterocycles. The topological polar surface area (TPSA) is 67.4 Å². The van der Waals surface area contributed by atoms with Crippen LogP contribution in [-0.4, -0.2) is 31.1 Å². The van der Waals surface area contributed by atoms with Crippen LogP contribution in [0.1, 0.15) is 32.1 Å². The van der Waals surface area contributed by atoms with E-state index in [9.17, 15) is 18.4 Å². The van der Waals surface area contributed by atoms with Crippen LogP contribution in [-0.2, 0) is 14.3 Å². The zero-order chi connectivity index (χ0) is 19.2. The van der Waals surface area contributed by atoms with Gasteiger partial charge < -0.3 is 15.4 Å². The van der Waals surface area contributed by atoms with Crippen molar-refractivity contribution in [2.24, 2.45) is 23.7 Å². The summed E-state index contributed by atoms with van der Waals surface area (Å²) in [5.41, 5.74) is -0.379. The number of halogens is 2. The molecule has 0 radical (unpaired) electrons. The first kappa shape index (κ1) is 18.3. The minimum Gasteiger partial charge on any atom is -0.376 e. The number of carbonyl (C=O) groups excluding carboxylic acids is 2. The molecule has 4 bridgehead atoms. The van der Waals surface area contributed by atoms with Crippen LogP contribution in [0.5, 0.6) is 0 Å². The molecule has 4 fully saturated rings. The summed E-state index contributed by atoms with van der Waals surface area (Å²) in [7, 11) is 1.69. The number of hydrogen-bond donors (Lipinski definition) is 2. The number of carbonyl (C=O) groups is 2. The van der Waals surface area contributed by atoms with Gasteiger partial charge in [-0.3, -0.25) is 9.59 Å². The van der Waals surface area contributed by atoms with E-state index >= 15 is 0 Å². The van der Waals surface area contributed by atoms with E-state index in [-0.39, 0.29) is 5.69 Å². The lowest BCUT2D eigenvalue weighted by Crippen LogP contribution is -2.63. The van der Waals surface area contributed by atoms with Crippen molar-refractivity contribution in [3.63, 3.8) is 0 Å². The molecule has 0 spiro atoms. The highest BCUT2D eigenvalue weighted by Crippen LogP contribution is 2.59. The number of hydrogen-bond acceptors (Lipinski definition) is 3. The Morgan fingerprint density at radius 3 is 2.22 bits per heavy atom. The maximum atomic E-state index is 13.2. The summed E-state index contributed by atoms with van der Waals surface area (Å²) in [5, 5.41) is 5.00. The lowest BCUT2D eigenvalue weighted by Gasteiger charge is -2.60. The molecule has 4 saturated carbocycles. The van der Waals surface area contributed by atoms with E-state index in [0.717, 1.165) is 49.7 Å². The van der Waals surface area contributed by atoms with E-state index in [1.807, 2.05) is 0 Å². The van der Waals surface area contributed by atoms with Crippen LogP contribution >= 0.6 is 0 Å². The van der Waals surface area contributed by atoms with Crippen molar-refractivity contribution in [2.45, 2.75) is 37.7 Å². The maximum absolute atomic E-state index is 13.2. The fraction of sp³-hybridized carbons (Fsp3) is 0.600. The Morgan fingerprint density at radius 2 is 1.67 bits per heavy atom. The molecular weight excluding hydrogens is 354 g/mol. The average molecular weight is 378 g/mol. The average Bonchev–Trinajstić information content (AvgIpc) is 2.64. The fourth-order valence-corrected chi connectivity index (χ4v) is 5.74. The smallest absolute Gasteiger partial charge is 0.313 e. The molecule has 0 atom stereocenters. The molecule has 4 aliphatic carbocycles. The molecule has 4 aliphatic rings. The standard InChI is InChI=1S/C20H24F2N2O3/c1-27-20(13-5-11-4-12(7-13)8-14(20)6-11)10-23-18(25)19(26)24-15-2-3-16(21)17(22)9-15/h2-3,9,11-14H,4-8,10H2,1H3,(H,23,25)(H,24,26). The number of methoxy groups -OCH3 is 1. The van der Waals surface area contributed by atoms with E-state index in [1.54, 1.807) is 7.11 Å². The molecule has 2 N–H and O–H groups in total. The second-order valence-corrected chi connectivity index (χ2v) is 8.23. The van der Waals surface area contributed by atoms with E-state index < -0.39 is 29.0 Å². The van der Waals surface area contributed by atoms with Gasteiger partial charge in [-0.1, -0.05) is 0 Å². The van der Waals surface area contributed by atoms with Gasteiger partial charge in [-0.25, -0.2) is 8.78 Å². The largest absolute Gasteiger partial charge is 0.376 e. The minimum atomic E-state index is -1.08. The van der Waals surface area contributed by atoms with Gasteiger partial charge in [0.25, 0.3) is 0 Å². The van der Waals surface area contributed by atoms with Gasteiger partial charge in [-0.15, -0.1) is 0 Å². The van der Waals surface area contributed by atoms with E-state index in [0.29, 0.717) is 18.4 Å². The number of nitrogens with one attached hydrogen (secondary N) is 2. The second-order valence-electron chi connectivity index (χ2n) is 8.23. The van der Waals surface area contributed by atoms with Crippen LogP contribution in [0.15, 0.2) is 18.2 Å². The third-order valence-electron chi connectivity index (χ3n) is 6.81. The van der Waals surface area contributed by atoms with Crippen molar-refractivity contribution in [1.82, 2.24) is 5.32 Å². The molecule has 5 nitrogen and oxygen atoms in total. The Labute approximate surface area is 156 Å². The van der Waals surface area contributed by atoms with Crippen molar-refractivity contribution < 1.29 is 23.1 Å². The first-order valence-corrected chi connectivity index (χ1v) is 9.50. The van der Waals surface area contributed by atoms with Gasteiger partial charge >= 0.3 is 11.8 Å². The second kappa shape index (κ2) is 6.86. The van der Waals surface area contributed by atoms with Gasteiger partial charge in [0.2, 0.25) is 0 Å². The first-order chi connectivity index (χ1) is 12.9. The number of rotatable bonds is 4. The van der Waals surface area contributed by atoms with Crippen LogP contribution in [0.2, 0.25) is 0 Å². The van der Waals surface area contributed by atoms with Gasteiger partial charge in [0.15, 0.2) is 11.6 Å². The van der Waals surface area contributed by atoms with Gasteiger partial charge in [0.1, 0.15) is 0 Å². The van der Waals surface area contributed by atoms with Crippen LogP contribution < -0.4 is 10.6 Å². The monoisotopic (exact) mass is 378 g/mol. The molecule has 27 heavy (non-hydrogen) atoms. The molecule has 5 rings (SSSR count). The normalized spacial score (nSPS) is 33.7. The Bertz CT molecular complexity index is 740. The Balaban J connectivity index is 1.39. The predicted octanol–water partition coefficient (Wildman–Crippen LogP) is 2.86. The predicted molar refractivity (Wildman–Crippen MR) is 94.8 cm³/mol.